The van der Waals surface area contributed by atoms with Gasteiger partial charge in [0.05, 0.1) is 5.75 Å². The fourth-order valence-corrected chi connectivity index (χ4v) is 4.88. The minimum absolute atomic E-state index is 0.0571. The molecule has 2 fully saturated rings. The molecule has 0 bridgehead atoms. The number of carbonyl (C=O) groups excluding carboxylic acids is 2. The van der Waals surface area contributed by atoms with E-state index in [2.05, 4.69) is 10.6 Å². The molecule has 0 spiro atoms. The maximum Gasteiger partial charge on any atom is 0.251 e. The van der Waals surface area contributed by atoms with Gasteiger partial charge in [0.1, 0.15) is 6.04 Å². The van der Waals surface area contributed by atoms with E-state index in [9.17, 15) is 18.0 Å². The van der Waals surface area contributed by atoms with E-state index in [1.807, 2.05) is 6.92 Å². The van der Waals surface area contributed by atoms with Gasteiger partial charge in [-0.3, -0.25) is 9.59 Å². The first-order valence-electron chi connectivity index (χ1n) is 9.12. The zero-order valence-corrected chi connectivity index (χ0v) is 15.7. The molecule has 1 atom stereocenters. The van der Waals surface area contributed by atoms with E-state index in [0.717, 1.165) is 12.8 Å². The van der Waals surface area contributed by atoms with E-state index in [1.165, 1.54) is 4.31 Å². The SMILES string of the molecule is CCCS(=O)(=O)N1CCC[C@@H]1C(=O)Nc1ccc(C(=O)NC2CC2)cc1. The summed E-state index contributed by atoms with van der Waals surface area (Å²) in [7, 11) is -3.40. The van der Waals surface area contributed by atoms with Gasteiger partial charge in [-0.1, -0.05) is 6.92 Å². The lowest BCUT2D eigenvalue weighted by Crippen LogP contribution is -2.44. The van der Waals surface area contributed by atoms with Crippen molar-refractivity contribution in [3.63, 3.8) is 0 Å². The van der Waals surface area contributed by atoms with Crippen LogP contribution < -0.4 is 10.6 Å². The molecule has 0 radical (unpaired) electrons. The quantitative estimate of drug-likeness (QED) is 0.754. The van der Waals surface area contributed by atoms with Crippen molar-refractivity contribution in [3.8, 4) is 0 Å². The summed E-state index contributed by atoms with van der Waals surface area (Å²) in [6, 6.07) is 6.28. The fourth-order valence-electron chi connectivity index (χ4n) is 3.14. The van der Waals surface area contributed by atoms with Crippen LogP contribution in [0.4, 0.5) is 5.69 Å². The summed E-state index contributed by atoms with van der Waals surface area (Å²) >= 11 is 0. The van der Waals surface area contributed by atoms with Crippen molar-refractivity contribution < 1.29 is 18.0 Å². The number of sulfonamides is 1. The fraction of sp³-hybridized carbons (Fsp3) is 0.556. The first-order chi connectivity index (χ1) is 12.4. The standard InChI is InChI=1S/C18H25N3O4S/c1-2-12-26(24,25)21-11-3-4-16(21)18(23)20-14-7-5-13(6-8-14)17(22)19-15-9-10-15/h5-8,15-16H,2-4,9-12H2,1H3,(H,19,22)(H,20,23)/t16-/m1/s1. The van der Waals surface area contributed by atoms with Crippen molar-refractivity contribution in [2.24, 2.45) is 0 Å². The molecule has 0 aromatic heterocycles. The summed E-state index contributed by atoms with van der Waals surface area (Å²) in [4.78, 5) is 24.5. The molecule has 1 aliphatic carbocycles. The summed E-state index contributed by atoms with van der Waals surface area (Å²) in [6.07, 6.45) is 3.78. The average molecular weight is 379 g/mol. The van der Waals surface area contributed by atoms with Gasteiger partial charge in [0.15, 0.2) is 0 Å². The molecule has 1 heterocycles. The Morgan fingerprint density at radius 2 is 1.85 bits per heavy atom. The molecule has 1 saturated heterocycles. The second-order valence-corrected chi connectivity index (χ2v) is 8.94. The number of amides is 2. The Hall–Kier alpha value is -1.93. The van der Waals surface area contributed by atoms with Crippen LogP contribution in [-0.2, 0) is 14.8 Å². The highest BCUT2D eigenvalue weighted by molar-refractivity contribution is 7.89. The van der Waals surface area contributed by atoms with E-state index in [1.54, 1.807) is 24.3 Å². The third-order valence-electron chi connectivity index (χ3n) is 4.65. The predicted octanol–water partition coefficient (Wildman–Crippen LogP) is 1.72. The third-order valence-corrected chi connectivity index (χ3v) is 6.73. The highest BCUT2D eigenvalue weighted by atomic mass is 32.2. The Bertz CT molecular complexity index is 772. The molecular weight excluding hydrogens is 354 g/mol. The summed E-state index contributed by atoms with van der Waals surface area (Å²) in [5.74, 6) is -0.378. The van der Waals surface area contributed by atoms with E-state index in [0.29, 0.717) is 43.1 Å². The summed E-state index contributed by atoms with van der Waals surface area (Å²) in [6.45, 7) is 2.20. The van der Waals surface area contributed by atoms with Crippen molar-refractivity contribution in [1.29, 1.82) is 0 Å². The van der Waals surface area contributed by atoms with Crippen LogP contribution in [0, 0.1) is 0 Å². The Balaban J connectivity index is 1.62. The minimum atomic E-state index is -3.40. The van der Waals surface area contributed by atoms with Gasteiger partial charge >= 0.3 is 0 Å². The van der Waals surface area contributed by atoms with Crippen LogP contribution in [0.25, 0.3) is 0 Å². The smallest absolute Gasteiger partial charge is 0.251 e. The highest BCUT2D eigenvalue weighted by Gasteiger charge is 2.38. The second-order valence-electron chi connectivity index (χ2n) is 6.90. The van der Waals surface area contributed by atoms with E-state index in [-0.39, 0.29) is 17.6 Å². The molecule has 2 amide bonds. The van der Waals surface area contributed by atoms with Crippen LogP contribution >= 0.6 is 0 Å². The number of hydrogen-bond acceptors (Lipinski definition) is 4. The van der Waals surface area contributed by atoms with Crippen molar-refractivity contribution in [2.45, 2.75) is 51.1 Å². The molecule has 7 nitrogen and oxygen atoms in total. The topological polar surface area (TPSA) is 95.6 Å². The van der Waals surface area contributed by atoms with Gasteiger partial charge in [-0.25, -0.2) is 8.42 Å². The molecule has 1 aliphatic heterocycles. The lowest BCUT2D eigenvalue weighted by molar-refractivity contribution is -0.119. The van der Waals surface area contributed by atoms with Crippen LogP contribution in [-0.4, -0.2) is 48.9 Å². The van der Waals surface area contributed by atoms with E-state index < -0.39 is 16.1 Å². The van der Waals surface area contributed by atoms with Gasteiger partial charge in [-0.15, -0.1) is 0 Å². The van der Waals surface area contributed by atoms with Crippen LogP contribution in [0.2, 0.25) is 0 Å². The highest BCUT2D eigenvalue weighted by Crippen LogP contribution is 2.24. The Morgan fingerprint density at radius 1 is 1.15 bits per heavy atom. The van der Waals surface area contributed by atoms with Crippen molar-refractivity contribution in [3.05, 3.63) is 29.8 Å². The summed E-state index contributed by atoms with van der Waals surface area (Å²) in [5.41, 5.74) is 1.10. The molecule has 0 unspecified atom stereocenters. The molecule has 3 rings (SSSR count). The number of rotatable bonds is 7. The molecular formula is C18H25N3O4S. The average Bonchev–Trinajstić information content (AvgIpc) is 3.25. The molecule has 8 heteroatoms. The van der Waals surface area contributed by atoms with E-state index >= 15 is 0 Å². The van der Waals surface area contributed by atoms with Crippen LogP contribution in [0.15, 0.2) is 24.3 Å². The molecule has 26 heavy (non-hydrogen) atoms. The lowest BCUT2D eigenvalue weighted by atomic mass is 10.1. The summed E-state index contributed by atoms with van der Waals surface area (Å²) < 4.78 is 26.0. The zero-order chi connectivity index (χ0) is 18.7. The summed E-state index contributed by atoms with van der Waals surface area (Å²) in [5, 5.41) is 5.68. The molecule has 2 aliphatic rings. The Kier molecular flexibility index (Phi) is 5.62. The molecule has 2 N–H and O–H groups in total. The van der Waals surface area contributed by atoms with E-state index in [4.69, 9.17) is 0 Å². The first kappa shape index (κ1) is 18.8. The number of carbonyl (C=O) groups is 2. The van der Waals surface area contributed by atoms with Gasteiger partial charge in [-0.05, 0) is 56.4 Å². The molecule has 1 aromatic carbocycles. The van der Waals surface area contributed by atoms with Crippen LogP contribution in [0.1, 0.15) is 49.4 Å². The minimum Gasteiger partial charge on any atom is -0.349 e. The number of hydrogen-bond donors (Lipinski definition) is 2. The number of nitrogens with one attached hydrogen (secondary N) is 2. The molecule has 142 valence electrons. The lowest BCUT2D eigenvalue weighted by Gasteiger charge is -2.23. The Morgan fingerprint density at radius 3 is 2.46 bits per heavy atom. The Labute approximate surface area is 154 Å². The van der Waals surface area contributed by atoms with Crippen molar-refractivity contribution >= 4 is 27.5 Å². The molecule has 1 saturated carbocycles. The maximum absolute atomic E-state index is 12.6. The first-order valence-corrected chi connectivity index (χ1v) is 10.7. The monoisotopic (exact) mass is 379 g/mol. The number of anilines is 1. The maximum atomic E-state index is 12.6. The van der Waals surface area contributed by atoms with Crippen LogP contribution in [0.3, 0.4) is 0 Å². The number of benzene rings is 1. The molecule has 1 aromatic rings. The van der Waals surface area contributed by atoms with Gasteiger partial charge in [0.25, 0.3) is 5.91 Å². The van der Waals surface area contributed by atoms with Gasteiger partial charge in [-0.2, -0.15) is 4.31 Å². The largest absolute Gasteiger partial charge is 0.349 e. The normalized spacial score (nSPS) is 20.7. The number of nitrogens with zero attached hydrogens (tertiary/aromatic N) is 1. The van der Waals surface area contributed by atoms with Gasteiger partial charge in [0, 0.05) is 23.8 Å². The van der Waals surface area contributed by atoms with Gasteiger partial charge in [0.2, 0.25) is 15.9 Å². The van der Waals surface area contributed by atoms with Crippen molar-refractivity contribution in [2.75, 3.05) is 17.6 Å². The third kappa shape index (κ3) is 4.42. The van der Waals surface area contributed by atoms with Crippen LogP contribution in [0.5, 0.6) is 0 Å². The predicted molar refractivity (Wildman–Crippen MR) is 99.4 cm³/mol. The van der Waals surface area contributed by atoms with Gasteiger partial charge < -0.3 is 10.6 Å². The second kappa shape index (κ2) is 7.75. The van der Waals surface area contributed by atoms with Crippen molar-refractivity contribution in [1.82, 2.24) is 9.62 Å². The zero-order valence-electron chi connectivity index (χ0n) is 14.9.